The van der Waals surface area contributed by atoms with E-state index in [-0.39, 0.29) is 0 Å². The van der Waals surface area contributed by atoms with E-state index >= 15 is 0 Å². The normalized spacial score (nSPS) is 29.3. The van der Waals surface area contributed by atoms with Crippen molar-refractivity contribution in [1.29, 1.82) is 0 Å². The first-order valence-corrected chi connectivity index (χ1v) is 3.78. The standard InChI is InChI=1S/C7H16N2/c1-3-4-9-5-7(2)8-6-9/h7-8H,3-6H2,1-2H3. The Kier molecular flexibility index (Phi) is 2.49. The minimum Gasteiger partial charge on any atom is -0.301 e. The van der Waals surface area contributed by atoms with Crippen molar-refractivity contribution in [3.63, 3.8) is 0 Å². The van der Waals surface area contributed by atoms with Gasteiger partial charge < -0.3 is 5.32 Å². The molecule has 0 radical (unpaired) electrons. The van der Waals surface area contributed by atoms with Crippen molar-refractivity contribution < 1.29 is 0 Å². The van der Waals surface area contributed by atoms with Gasteiger partial charge in [0.25, 0.3) is 0 Å². The van der Waals surface area contributed by atoms with Crippen LogP contribution in [0.5, 0.6) is 0 Å². The molecule has 9 heavy (non-hydrogen) atoms. The first-order valence-electron chi connectivity index (χ1n) is 3.78. The zero-order valence-corrected chi connectivity index (χ0v) is 6.35. The van der Waals surface area contributed by atoms with Crippen LogP contribution in [0.4, 0.5) is 0 Å². The van der Waals surface area contributed by atoms with Crippen molar-refractivity contribution in [2.24, 2.45) is 0 Å². The molecule has 1 atom stereocenters. The van der Waals surface area contributed by atoms with Gasteiger partial charge in [0.2, 0.25) is 0 Å². The maximum absolute atomic E-state index is 3.38. The van der Waals surface area contributed by atoms with E-state index in [0.29, 0.717) is 6.04 Å². The van der Waals surface area contributed by atoms with E-state index < -0.39 is 0 Å². The highest BCUT2D eigenvalue weighted by atomic mass is 15.3. The molecule has 1 rings (SSSR count). The summed E-state index contributed by atoms with van der Waals surface area (Å²) < 4.78 is 0. The Bertz CT molecular complexity index is 81.0. The number of nitrogens with one attached hydrogen (secondary N) is 1. The second kappa shape index (κ2) is 3.18. The fraction of sp³-hybridized carbons (Fsp3) is 1.00. The van der Waals surface area contributed by atoms with Crippen molar-refractivity contribution in [3.8, 4) is 0 Å². The molecule has 1 heterocycles. The minimum atomic E-state index is 0.705. The van der Waals surface area contributed by atoms with Crippen LogP contribution in [0.2, 0.25) is 0 Å². The number of rotatable bonds is 2. The second-order valence-electron chi connectivity index (χ2n) is 2.84. The number of nitrogens with zero attached hydrogens (tertiary/aromatic N) is 1. The van der Waals surface area contributed by atoms with Crippen molar-refractivity contribution >= 4 is 0 Å². The van der Waals surface area contributed by atoms with Gasteiger partial charge in [0.15, 0.2) is 0 Å². The van der Waals surface area contributed by atoms with Gasteiger partial charge >= 0.3 is 0 Å². The van der Waals surface area contributed by atoms with Gasteiger partial charge in [0.05, 0.1) is 0 Å². The highest BCUT2D eigenvalue weighted by Gasteiger charge is 2.15. The van der Waals surface area contributed by atoms with Gasteiger partial charge in [-0.2, -0.15) is 0 Å². The van der Waals surface area contributed by atoms with Crippen molar-refractivity contribution in [2.45, 2.75) is 26.3 Å². The molecule has 1 N–H and O–H groups in total. The van der Waals surface area contributed by atoms with Crippen molar-refractivity contribution in [2.75, 3.05) is 19.8 Å². The Labute approximate surface area is 57.2 Å². The largest absolute Gasteiger partial charge is 0.301 e. The molecule has 2 nitrogen and oxygen atoms in total. The maximum Gasteiger partial charge on any atom is 0.0483 e. The third-order valence-electron chi connectivity index (χ3n) is 1.74. The van der Waals surface area contributed by atoms with Crippen LogP contribution >= 0.6 is 0 Å². The van der Waals surface area contributed by atoms with Crippen LogP contribution in [-0.2, 0) is 0 Å². The molecule has 0 aromatic carbocycles. The van der Waals surface area contributed by atoms with E-state index in [1.807, 2.05) is 0 Å². The summed E-state index contributed by atoms with van der Waals surface area (Å²) in [6.45, 7) is 8.03. The fourth-order valence-corrected chi connectivity index (χ4v) is 1.29. The van der Waals surface area contributed by atoms with Crippen LogP contribution in [0.3, 0.4) is 0 Å². The van der Waals surface area contributed by atoms with Crippen LogP contribution in [0.15, 0.2) is 0 Å². The first kappa shape index (κ1) is 7.03. The lowest BCUT2D eigenvalue weighted by Crippen LogP contribution is -2.22. The Hall–Kier alpha value is -0.0800. The molecule has 0 aliphatic carbocycles. The molecule has 0 aromatic heterocycles. The molecule has 54 valence electrons. The van der Waals surface area contributed by atoms with Gasteiger partial charge in [-0.15, -0.1) is 0 Å². The van der Waals surface area contributed by atoms with Gasteiger partial charge in [0.1, 0.15) is 0 Å². The zero-order valence-electron chi connectivity index (χ0n) is 6.35. The Morgan fingerprint density at radius 3 is 2.89 bits per heavy atom. The Balaban J connectivity index is 2.14. The summed E-state index contributed by atoms with van der Waals surface area (Å²) in [7, 11) is 0. The SMILES string of the molecule is CCCN1CNC(C)C1. The predicted octanol–water partition coefficient (Wildman–Crippen LogP) is 0.648. The van der Waals surface area contributed by atoms with Crippen LogP contribution < -0.4 is 5.32 Å². The molecule has 1 saturated heterocycles. The molecule has 1 unspecified atom stereocenters. The van der Waals surface area contributed by atoms with Gasteiger partial charge in [-0.3, -0.25) is 4.90 Å². The summed E-state index contributed by atoms with van der Waals surface area (Å²) in [6.07, 6.45) is 1.27. The van der Waals surface area contributed by atoms with E-state index in [9.17, 15) is 0 Å². The van der Waals surface area contributed by atoms with E-state index in [1.165, 1.54) is 19.5 Å². The van der Waals surface area contributed by atoms with E-state index in [2.05, 4.69) is 24.1 Å². The topological polar surface area (TPSA) is 15.3 Å². The summed E-state index contributed by atoms with van der Waals surface area (Å²) in [5.74, 6) is 0. The van der Waals surface area contributed by atoms with E-state index in [4.69, 9.17) is 0 Å². The molecule has 0 bridgehead atoms. The third-order valence-corrected chi connectivity index (χ3v) is 1.74. The van der Waals surface area contributed by atoms with Gasteiger partial charge in [0, 0.05) is 19.3 Å². The summed E-state index contributed by atoms with van der Waals surface area (Å²) in [4.78, 5) is 2.45. The second-order valence-corrected chi connectivity index (χ2v) is 2.84. The molecule has 1 aliphatic rings. The summed E-state index contributed by atoms with van der Waals surface area (Å²) in [5, 5.41) is 3.38. The molecule has 2 heteroatoms. The molecule has 0 amide bonds. The van der Waals surface area contributed by atoms with Crippen LogP contribution in [0.1, 0.15) is 20.3 Å². The molecule has 0 saturated carbocycles. The zero-order chi connectivity index (χ0) is 6.69. The molecule has 0 spiro atoms. The monoisotopic (exact) mass is 128 g/mol. The summed E-state index contributed by atoms with van der Waals surface area (Å²) >= 11 is 0. The predicted molar refractivity (Wildman–Crippen MR) is 39.3 cm³/mol. The molecular weight excluding hydrogens is 112 g/mol. The van der Waals surface area contributed by atoms with Gasteiger partial charge in [-0.05, 0) is 19.9 Å². The van der Waals surface area contributed by atoms with Crippen LogP contribution in [0, 0.1) is 0 Å². The molecule has 0 aromatic rings. The lowest BCUT2D eigenvalue weighted by Gasteiger charge is -2.10. The van der Waals surface area contributed by atoms with E-state index in [0.717, 1.165) is 6.67 Å². The minimum absolute atomic E-state index is 0.705. The van der Waals surface area contributed by atoms with Gasteiger partial charge in [-0.25, -0.2) is 0 Å². The van der Waals surface area contributed by atoms with Crippen molar-refractivity contribution in [3.05, 3.63) is 0 Å². The summed E-state index contributed by atoms with van der Waals surface area (Å²) in [5.41, 5.74) is 0. The third kappa shape index (κ3) is 1.95. The van der Waals surface area contributed by atoms with Crippen molar-refractivity contribution in [1.82, 2.24) is 10.2 Å². The van der Waals surface area contributed by atoms with Gasteiger partial charge in [-0.1, -0.05) is 6.92 Å². The number of hydrogen-bond acceptors (Lipinski definition) is 2. The average molecular weight is 128 g/mol. The number of hydrogen-bond donors (Lipinski definition) is 1. The summed E-state index contributed by atoms with van der Waals surface area (Å²) in [6, 6.07) is 0.705. The Morgan fingerprint density at radius 2 is 2.44 bits per heavy atom. The quantitative estimate of drug-likeness (QED) is 0.587. The lowest BCUT2D eigenvalue weighted by molar-refractivity contribution is 0.332. The smallest absolute Gasteiger partial charge is 0.0483 e. The van der Waals surface area contributed by atoms with Crippen LogP contribution in [0.25, 0.3) is 0 Å². The molecule has 1 aliphatic heterocycles. The van der Waals surface area contributed by atoms with Crippen LogP contribution in [-0.4, -0.2) is 30.7 Å². The Morgan fingerprint density at radius 1 is 1.67 bits per heavy atom. The average Bonchev–Trinajstić information content (AvgIpc) is 2.17. The first-order chi connectivity index (χ1) is 4.33. The molecular formula is C7H16N2. The lowest BCUT2D eigenvalue weighted by atomic mass is 10.3. The highest BCUT2D eigenvalue weighted by Crippen LogP contribution is 1.99. The highest BCUT2D eigenvalue weighted by molar-refractivity contribution is 4.73. The van der Waals surface area contributed by atoms with E-state index in [1.54, 1.807) is 0 Å². The molecule has 1 fully saturated rings. The fourth-order valence-electron chi connectivity index (χ4n) is 1.29. The maximum atomic E-state index is 3.38.